The van der Waals surface area contributed by atoms with Crippen molar-refractivity contribution in [1.82, 2.24) is 10.6 Å². The first-order valence-corrected chi connectivity index (χ1v) is 7.32. The van der Waals surface area contributed by atoms with Crippen LogP contribution in [0, 0.1) is 5.92 Å². The van der Waals surface area contributed by atoms with Gasteiger partial charge in [0.25, 0.3) is 0 Å². The molecule has 0 saturated heterocycles. The van der Waals surface area contributed by atoms with E-state index >= 15 is 0 Å². The van der Waals surface area contributed by atoms with Gasteiger partial charge in [-0.25, -0.2) is 4.79 Å². The zero-order valence-corrected chi connectivity index (χ0v) is 13.3. The minimum absolute atomic E-state index is 0.297. The summed E-state index contributed by atoms with van der Waals surface area (Å²) in [5, 5.41) is 6.47. The summed E-state index contributed by atoms with van der Waals surface area (Å²) in [5.74, 6) is 0.819. The van der Waals surface area contributed by atoms with Crippen LogP contribution in [-0.4, -0.2) is 29.8 Å². The summed E-state index contributed by atoms with van der Waals surface area (Å²) in [5.41, 5.74) is -0.747. The van der Waals surface area contributed by atoms with Gasteiger partial charge in [0, 0.05) is 12.6 Å². The lowest BCUT2D eigenvalue weighted by Crippen LogP contribution is -2.53. The molecule has 0 bridgehead atoms. The molecule has 4 heteroatoms. The van der Waals surface area contributed by atoms with E-state index in [0.29, 0.717) is 6.04 Å². The molecule has 2 unspecified atom stereocenters. The first-order valence-electron chi connectivity index (χ1n) is 7.32. The molecule has 0 aromatic heterocycles. The lowest BCUT2D eigenvalue weighted by Gasteiger charge is -2.30. The maximum absolute atomic E-state index is 11.8. The quantitative estimate of drug-likeness (QED) is 0.825. The third-order valence-electron chi connectivity index (χ3n) is 3.37. The number of rotatable bonds is 4. The van der Waals surface area contributed by atoms with Gasteiger partial charge in [0.15, 0.2) is 0 Å². The van der Waals surface area contributed by atoms with E-state index in [1.807, 2.05) is 34.6 Å². The highest BCUT2D eigenvalue weighted by Gasteiger charge is 2.27. The van der Waals surface area contributed by atoms with Crippen molar-refractivity contribution in [2.45, 2.75) is 78.0 Å². The average Bonchev–Trinajstić information content (AvgIpc) is 2.57. The molecule has 4 nitrogen and oxygen atoms in total. The standard InChI is InChI=1S/C15H30N2O2/c1-11-7-8-12(9-11)16-10-15(5,6)17-13(18)19-14(2,3)4/h11-12,16H,7-10H2,1-6H3,(H,17,18). The van der Waals surface area contributed by atoms with Crippen molar-refractivity contribution in [1.29, 1.82) is 0 Å². The van der Waals surface area contributed by atoms with E-state index in [2.05, 4.69) is 17.6 Å². The van der Waals surface area contributed by atoms with Gasteiger partial charge in [0.1, 0.15) is 5.60 Å². The number of nitrogens with one attached hydrogen (secondary N) is 2. The highest BCUT2D eigenvalue weighted by molar-refractivity contribution is 5.68. The molecule has 1 aliphatic rings. The summed E-state index contributed by atoms with van der Waals surface area (Å²) in [6.07, 6.45) is 3.43. The number of hydrogen-bond acceptors (Lipinski definition) is 3. The molecule has 0 spiro atoms. The Morgan fingerprint density at radius 2 is 1.84 bits per heavy atom. The Hall–Kier alpha value is -0.770. The molecule has 1 rings (SSSR count). The van der Waals surface area contributed by atoms with E-state index in [1.54, 1.807) is 0 Å². The van der Waals surface area contributed by atoms with Crippen molar-refractivity contribution in [2.24, 2.45) is 5.92 Å². The van der Waals surface area contributed by atoms with Gasteiger partial charge in [-0.05, 0) is 59.8 Å². The van der Waals surface area contributed by atoms with Gasteiger partial charge in [-0.15, -0.1) is 0 Å². The van der Waals surface area contributed by atoms with Gasteiger partial charge in [-0.2, -0.15) is 0 Å². The Balaban J connectivity index is 2.32. The summed E-state index contributed by atoms with van der Waals surface area (Å²) >= 11 is 0. The summed E-state index contributed by atoms with van der Waals surface area (Å²) < 4.78 is 5.28. The third kappa shape index (κ3) is 6.81. The average molecular weight is 270 g/mol. The van der Waals surface area contributed by atoms with Crippen molar-refractivity contribution >= 4 is 6.09 Å². The number of carbonyl (C=O) groups is 1. The molecule has 0 radical (unpaired) electrons. The van der Waals surface area contributed by atoms with Crippen LogP contribution in [0.25, 0.3) is 0 Å². The third-order valence-corrected chi connectivity index (χ3v) is 3.37. The van der Waals surface area contributed by atoms with Gasteiger partial charge in [0.05, 0.1) is 5.54 Å². The van der Waals surface area contributed by atoms with Crippen LogP contribution in [0.3, 0.4) is 0 Å². The molecular formula is C15H30N2O2. The molecule has 1 aliphatic carbocycles. The van der Waals surface area contributed by atoms with Crippen LogP contribution in [0.5, 0.6) is 0 Å². The van der Waals surface area contributed by atoms with Crippen LogP contribution in [0.4, 0.5) is 4.79 Å². The van der Waals surface area contributed by atoms with Crippen molar-refractivity contribution in [3.8, 4) is 0 Å². The maximum atomic E-state index is 11.8. The smallest absolute Gasteiger partial charge is 0.408 e. The SMILES string of the molecule is CC1CCC(NCC(C)(C)NC(=O)OC(C)(C)C)C1. The molecular weight excluding hydrogens is 240 g/mol. The topological polar surface area (TPSA) is 50.4 Å². The van der Waals surface area contributed by atoms with Gasteiger partial charge < -0.3 is 15.4 Å². The number of hydrogen-bond donors (Lipinski definition) is 2. The highest BCUT2D eigenvalue weighted by Crippen LogP contribution is 2.24. The van der Waals surface area contributed by atoms with E-state index in [1.165, 1.54) is 19.3 Å². The molecule has 1 amide bonds. The Kier molecular flexibility index (Phi) is 5.25. The minimum Gasteiger partial charge on any atom is -0.444 e. The molecule has 0 heterocycles. The lowest BCUT2D eigenvalue weighted by molar-refractivity contribution is 0.0470. The first-order chi connectivity index (χ1) is 8.57. The van der Waals surface area contributed by atoms with Crippen LogP contribution in [0.15, 0.2) is 0 Å². The summed E-state index contributed by atoms with van der Waals surface area (Å²) in [6, 6.07) is 0.592. The molecule has 1 saturated carbocycles. The zero-order valence-electron chi connectivity index (χ0n) is 13.3. The molecule has 0 aromatic carbocycles. The second-order valence-electron chi connectivity index (χ2n) is 7.51. The molecule has 0 aliphatic heterocycles. The van der Waals surface area contributed by atoms with Crippen molar-refractivity contribution in [3.63, 3.8) is 0 Å². The first kappa shape index (κ1) is 16.3. The number of ether oxygens (including phenoxy) is 1. The largest absolute Gasteiger partial charge is 0.444 e. The second-order valence-corrected chi connectivity index (χ2v) is 7.51. The fourth-order valence-corrected chi connectivity index (χ4v) is 2.42. The molecule has 112 valence electrons. The molecule has 0 aromatic rings. The van der Waals surface area contributed by atoms with E-state index in [9.17, 15) is 4.79 Å². The summed E-state index contributed by atoms with van der Waals surface area (Å²) in [6.45, 7) is 12.7. The fourth-order valence-electron chi connectivity index (χ4n) is 2.42. The number of alkyl carbamates (subject to hydrolysis) is 1. The van der Waals surface area contributed by atoms with Gasteiger partial charge in [0.2, 0.25) is 0 Å². The predicted octanol–water partition coefficient (Wildman–Crippen LogP) is 3.07. The molecule has 19 heavy (non-hydrogen) atoms. The van der Waals surface area contributed by atoms with E-state index in [-0.39, 0.29) is 11.6 Å². The zero-order chi connectivity index (χ0) is 14.7. The Morgan fingerprint density at radius 1 is 1.21 bits per heavy atom. The van der Waals surface area contributed by atoms with Gasteiger partial charge >= 0.3 is 6.09 Å². The number of amides is 1. The Bertz CT molecular complexity index is 308. The second kappa shape index (κ2) is 6.12. The Labute approximate surface area is 117 Å². The lowest BCUT2D eigenvalue weighted by atomic mass is 10.0. The monoisotopic (exact) mass is 270 g/mol. The molecule has 2 N–H and O–H groups in total. The van der Waals surface area contributed by atoms with Gasteiger partial charge in [-0.3, -0.25) is 0 Å². The normalized spacial score (nSPS) is 24.3. The van der Waals surface area contributed by atoms with Crippen LogP contribution < -0.4 is 10.6 Å². The van der Waals surface area contributed by atoms with E-state index in [0.717, 1.165) is 12.5 Å². The summed E-state index contributed by atoms with van der Waals surface area (Å²) in [4.78, 5) is 11.8. The van der Waals surface area contributed by atoms with Crippen molar-refractivity contribution < 1.29 is 9.53 Å². The van der Waals surface area contributed by atoms with E-state index in [4.69, 9.17) is 4.74 Å². The van der Waals surface area contributed by atoms with Crippen LogP contribution in [-0.2, 0) is 4.74 Å². The molecule has 2 atom stereocenters. The van der Waals surface area contributed by atoms with Gasteiger partial charge in [-0.1, -0.05) is 6.92 Å². The maximum Gasteiger partial charge on any atom is 0.408 e. The van der Waals surface area contributed by atoms with Crippen molar-refractivity contribution in [3.05, 3.63) is 0 Å². The van der Waals surface area contributed by atoms with Crippen molar-refractivity contribution in [2.75, 3.05) is 6.54 Å². The van der Waals surface area contributed by atoms with Crippen LogP contribution in [0.2, 0.25) is 0 Å². The van der Waals surface area contributed by atoms with E-state index < -0.39 is 5.60 Å². The molecule has 1 fully saturated rings. The predicted molar refractivity (Wildman–Crippen MR) is 78.3 cm³/mol. The van der Waals surface area contributed by atoms with Crippen LogP contribution in [0.1, 0.15) is 60.8 Å². The Morgan fingerprint density at radius 3 is 2.32 bits per heavy atom. The minimum atomic E-state index is -0.450. The number of carbonyl (C=O) groups excluding carboxylic acids is 1. The van der Waals surface area contributed by atoms with Crippen LogP contribution >= 0.6 is 0 Å². The highest BCUT2D eigenvalue weighted by atomic mass is 16.6. The summed E-state index contributed by atoms with van der Waals surface area (Å²) in [7, 11) is 0. The fraction of sp³-hybridized carbons (Fsp3) is 0.933.